The zero-order valence-electron chi connectivity index (χ0n) is 13.9. The van der Waals surface area contributed by atoms with Gasteiger partial charge in [-0.05, 0) is 42.0 Å². The van der Waals surface area contributed by atoms with Crippen molar-refractivity contribution in [1.29, 1.82) is 0 Å². The summed E-state index contributed by atoms with van der Waals surface area (Å²) >= 11 is 5.09. The number of thiophene rings is 1. The van der Waals surface area contributed by atoms with Gasteiger partial charge in [-0.1, -0.05) is 35.8 Å². The molecular weight excluding hydrogens is 388 g/mol. The summed E-state index contributed by atoms with van der Waals surface area (Å²) in [4.78, 5) is 4.22. The number of aliphatic hydroxyl groups is 2. The number of anilines is 1. The lowest BCUT2D eigenvalue weighted by molar-refractivity contribution is -0.0389. The summed E-state index contributed by atoms with van der Waals surface area (Å²) in [6, 6.07) is 7.71. The molecule has 2 heterocycles. The zero-order valence-corrected chi connectivity index (χ0v) is 16.3. The van der Waals surface area contributed by atoms with Gasteiger partial charge in [-0.3, -0.25) is 0 Å². The summed E-state index contributed by atoms with van der Waals surface area (Å²) < 4.78 is 0.818. The first kappa shape index (κ1) is 17.9. The van der Waals surface area contributed by atoms with E-state index in [2.05, 4.69) is 34.7 Å². The van der Waals surface area contributed by atoms with Crippen LogP contribution in [0, 0.1) is 0 Å². The minimum absolute atomic E-state index is 0.665. The summed E-state index contributed by atoms with van der Waals surface area (Å²) in [7, 11) is 0. The number of rotatable bonds is 6. The molecule has 0 fully saturated rings. The third kappa shape index (κ3) is 2.80. The Hall–Kier alpha value is -0.920. The first-order valence-electron chi connectivity index (χ1n) is 8.25. The Bertz CT molecular complexity index is 690. The number of benzene rings is 1. The largest absolute Gasteiger partial charge is 0.375 e. The molecule has 2 unspecified atom stereocenters. The van der Waals surface area contributed by atoms with E-state index in [9.17, 15) is 10.2 Å². The molecule has 4 nitrogen and oxygen atoms in total. The van der Waals surface area contributed by atoms with E-state index < -0.39 is 11.8 Å². The Balaban J connectivity index is 2.01. The van der Waals surface area contributed by atoms with Crippen LogP contribution in [0.25, 0.3) is 0 Å². The number of nitrogens with zero attached hydrogens (tertiary/aromatic N) is 2. The Kier molecular flexibility index (Phi) is 5.32. The normalized spacial score (nSPS) is 23.1. The van der Waals surface area contributed by atoms with Crippen molar-refractivity contribution in [3.8, 4) is 0 Å². The van der Waals surface area contributed by atoms with Crippen LogP contribution in [0.1, 0.15) is 25.0 Å². The highest BCUT2D eigenvalue weighted by Gasteiger charge is 2.51. The Morgan fingerprint density at radius 1 is 1.29 bits per heavy atom. The van der Waals surface area contributed by atoms with Crippen molar-refractivity contribution >= 4 is 33.0 Å². The van der Waals surface area contributed by atoms with E-state index in [-0.39, 0.29) is 0 Å². The standard InChI is InChI=1S/C18H23BrN2O2S/c1-3-20(4-2)9-10-21-15-7-5-6-14(19)16(15)18(23,17(21)22)13-8-11-24-12-13/h5-8,11-12,17,22-23H,3-4,9-10H2,1-2H3. The van der Waals surface area contributed by atoms with E-state index >= 15 is 0 Å². The smallest absolute Gasteiger partial charge is 0.164 e. The molecule has 0 bridgehead atoms. The van der Waals surface area contributed by atoms with Gasteiger partial charge in [0.05, 0.1) is 0 Å². The van der Waals surface area contributed by atoms with Gasteiger partial charge in [0.25, 0.3) is 0 Å². The summed E-state index contributed by atoms with van der Waals surface area (Å²) in [5.74, 6) is 0. The lowest BCUT2D eigenvalue weighted by Gasteiger charge is -2.32. The number of fused-ring (bicyclic) bond motifs is 1. The van der Waals surface area contributed by atoms with Crippen molar-refractivity contribution in [2.75, 3.05) is 31.1 Å². The van der Waals surface area contributed by atoms with E-state index in [4.69, 9.17) is 0 Å². The van der Waals surface area contributed by atoms with Crippen LogP contribution in [0.4, 0.5) is 5.69 Å². The lowest BCUT2D eigenvalue weighted by Crippen LogP contribution is -2.47. The molecule has 1 aliphatic rings. The van der Waals surface area contributed by atoms with Crippen LogP contribution >= 0.6 is 27.3 Å². The molecule has 1 aromatic carbocycles. The molecule has 0 saturated carbocycles. The molecule has 0 aliphatic carbocycles. The average Bonchev–Trinajstić information content (AvgIpc) is 3.18. The maximum Gasteiger partial charge on any atom is 0.164 e. The van der Waals surface area contributed by atoms with E-state index in [0.717, 1.165) is 40.9 Å². The summed E-state index contributed by atoms with van der Waals surface area (Å²) in [5, 5.41) is 26.3. The van der Waals surface area contributed by atoms with Crippen molar-refractivity contribution in [2.24, 2.45) is 0 Å². The fourth-order valence-corrected chi connectivity index (χ4v) is 4.79. The maximum absolute atomic E-state index is 11.5. The molecule has 2 atom stereocenters. The third-order valence-electron chi connectivity index (χ3n) is 4.86. The van der Waals surface area contributed by atoms with Crippen LogP contribution in [0.2, 0.25) is 0 Å². The van der Waals surface area contributed by atoms with Crippen LogP contribution in [0.15, 0.2) is 39.5 Å². The fraction of sp³-hybridized carbons (Fsp3) is 0.444. The van der Waals surface area contributed by atoms with Gasteiger partial charge < -0.3 is 20.0 Å². The summed E-state index contributed by atoms with van der Waals surface area (Å²) in [6.45, 7) is 7.72. The topological polar surface area (TPSA) is 46.9 Å². The number of hydrogen-bond acceptors (Lipinski definition) is 5. The Morgan fingerprint density at radius 3 is 2.67 bits per heavy atom. The van der Waals surface area contributed by atoms with Crippen LogP contribution < -0.4 is 4.90 Å². The van der Waals surface area contributed by atoms with Crippen LogP contribution in [-0.4, -0.2) is 47.5 Å². The lowest BCUT2D eigenvalue weighted by atomic mass is 9.89. The first-order chi connectivity index (χ1) is 11.5. The van der Waals surface area contributed by atoms with Crippen molar-refractivity contribution < 1.29 is 10.2 Å². The maximum atomic E-state index is 11.5. The highest BCUT2D eigenvalue weighted by Crippen LogP contribution is 2.50. The van der Waals surface area contributed by atoms with Gasteiger partial charge in [0.2, 0.25) is 0 Å². The molecule has 6 heteroatoms. The first-order valence-corrected chi connectivity index (χ1v) is 9.98. The van der Waals surface area contributed by atoms with E-state index in [1.54, 1.807) is 0 Å². The van der Waals surface area contributed by atoms with Gasteiger partial charge >= 0.3 is 0 Å². The number of hydrogen-bond donors (Lipinski definition) is 2. The van der Waals surface area contributed by atoms with Crippen molar-refractivity contribution in [3.63, 3.8) is 0 Å². The molecule has 0 radical (unpaired) electrons. The highest BCUT2D eigenvalue weighted by molar-refractivity contribution is 9.10. The van der Waals surface area contributed by atoms with Gasteiger partial charge in [-0.25, -0.2) is 0 Å². The second kappa shape index (κ2) is 7.14. The van der Waals surface area contributed by atoms with E-state index in [1.807, 2.05) is 39.9 Å². The Labute approximate surface area is 155 Å². The SMILES string of the molecule is CCN(CC)CCN1c2cccc(Br)c2C(O)(c2ccsc2)C1O. The minimum Gasteiger partial charge on any atom is -0.375 e. The average molecular weight is 411 g/mol. The van der Waals surface area contributed by atoms with Crippen LogP contribution in [0.5, 0.6) is 0 Å². The fourth-order valence-electron chi connectivity index (χ4n) is 3.42. The molecule has 1 aliphatic heterocycles. The van der Waals surface area contributed by atoms with Crippen LogP contribution in [-0.2, 0) is 5.60 Å². The van der Waals surface area contributed by atoms with Gasteiger partial charge in [0, 0.05) is 34.4 Å². The van der Waals surface area contributed by atoms with Crippen molar-refractivity contribution in [1.82, 2.24) is 4.90 Å². The highest BCUT2D eigenvalue weighted by atomic mass is 79.9. The molecule has 0 amide bonds. The summed E-state index contributed by atoms with van der Waals surface area (Å²) in [5.41, 5.74) is 0.949. The predicted molar refractivity (Wildman–Crippen MR) is 103 cm³/mol. The van der Waals surface area contributed by atoms with Gasteiger partial charge in [0.15, 0.2) is 11.8 Å². The minimum atomic E-state index is -1.42. The molecule has 130 valence electrons. The molecule has 24 heavy (non-hydrogen) atoms. The predicted octanol–water partition coefficient (Wildman–Crippen LogP) is 3.23. The second-order valence-electron chi connectivity index (χ2n) is 6.01. The molecule has 2 N–H and O–H groups in total. The molecule has 2 aromatic rings. The van der Waals surface area contributed by atoms with E-state index in [1.165, 1.54) is 11.3 Å². The van der Waals surface area contributed by atoms with E-state index in [0.29, 0.717) is 6.54 Å². The molecule has 1 aromatic heterocycles. The number of likely N-dealkylation sites (N-methyl/N-ethyl adjacent to an activating group) is 1. The quantitative estimate of drug-likeness (QED) is 0.767. The zero-order chi connectivity index (χ0) is 17.3. The molecule has 3 rings (SSSR count). The molecular formula is C18H23BrN2O2S. The summed E-state index contributed by atoms with van der Waals surface area (Å²) in [6.07, 6.45) is -1.00. The van der Waals surface area contributed by atoms with Gasteiger partial charge in [-0.2, -0.15) is 11.3 Å². The van der Waals surface area contributed by atoms with Crippen LogP contribution in [0.3, 0.4) is 0 Å². The number of halogens is 1. The monoisotopic (exact) mass is 410 g/mol. The Morgan fingerprint density at radius 2 is 2.04 bits per heavy atom. The molecule has 0 spiro atoms. The third-order valence-corrected chi connectivity index (χ3v) is 6.21. The van der Waals surface area contributed by atoms with Gasteiger partial charge in [-0.15, -0.1) is 0 Å². The second-order valence-corrected chi connectivity index (χ2v) is 7.64. The van der Waals surface area contributed by atoms with Crippen molar-refractivity contribution in [3.05, 3.63) is 50.6 Å². The molecule has 0 saturated heterocycles. The van der Waals surface area contributed by atoms with Crippen molar-refractivity contribution in [2.45, 2.75) is 25.7 Å². The van der Waals surface area contributed by atoms with Gasteiger partial charge in [0.1, 0.15) is 0 Å². The number of aliphatic hydroxyl groups excluding tert-OH is 1.